The van der Waals surface area contributed by atoms with Gasteiger partial charge in [0.15, 0.2) is 5.78 Å². The molecule has 2 unspecified atom stereocenters. The molecule has 1 aromatic heterocycles. The molecule has 3 heteroatoms. The molecule has 3 nitrogen and oxygen atoms in total. The zero-order valence-electron chi connectivity index (χ0n) is 11.8. The zero-order chi connectivity index (χ0) is 13.1. The summed E-state index contributed by atoms with van der Waals surface area (Å²) in [7, 11) is 1.88. The van der Waals surface area contributed by atoms with Crippen LogP contribution in [-0.4, -0.2) is 15.6 Å². The van der Waals surface area contributed by atoms with Crippen LogP contribution in [0, 0.1) is 11.8 Å². The van der Waals surface area contributed by atoms with Crippen LogP contribution in [0.3, 0.4) is 0 Å². The van der Waals surface area contributed by atoms with Crippen molar-refractivity contribution in [2.75, 3.05) is 0 Å². The van der Waals surface area contributed by atoms with Crippen molar-refractivity contribution in [1.82, 2.24) is 9.78 Å². The van der Waals surface area contributed by atoms with Crippen LogP contribution < -0.4 is 0 Å². The number of aromatic nitrogens is 2. The van der Waals surface area contributed by atoms with Crippen LogP contribution in [-0.2, 0) is 13.5 Å². The summed E-state index contributed by atoms with van der Waals surface area (Å²) in [5.41, 5.74) is 1.82. The van der Waals surface area contributed by atoms with Gasteiger partial charge in [-0.15, -0.1) is 0 Å². The van der Waals surface area contributed by atoms with E-state index in [9.17, 15) is 4.79 Å². The number of ketones is 1. The van der Waals surface area contributed by atoms with Crippen molar-refractivity contribution < 1.29 is 4.79 Å². The summed E-state index contributed by atoms with van der Waals surface area (Å²) >= 11 is 0. The van der Waals surface area contributed by atoms with E-state index in [0.29, 0.717) is 5.78 Å². The number of carbonyl (C=O) groups excluding carboxylic acids is 1. The van der Waals surface area contributed by atoms with E-state index in [-0.39, 0.29) is 5.92 Å². The van der Waals surface area contributed by atoms with Crippen LogP contribution in [0.15, 0.2) is 6.07 Å². The molecule has 0 bridgehead atoms. The first-order valence-electron chi connectivity index (χ1n) is 7.22. The average molecular weight is 248 g/mol. The average Bonchev–Trinajstić information content (AvgIpc) is 2.79. The van der Waals surface area contributed by atoms with E-state index in [1.165, 1.54) is 19.3 Å². The maximum atomic E-state index is 12.6. The van der Waals surface area contributed by atoms with E-state index in [0.717, 1.165) is 36.6 Å². The standard InChI is InChI=1S/C15H24N2O/c1-4-11-7-6-8-12(9-11)15(18)14-10-13(5-2)16-17(14)3/h10-12H,4-9H2,1-3H3. The normalized spacial score (nSPS) is 24.2. The Morgan fingerprint density at radius 3 is 2.83 bits per heavy atom. The highest BCUT2D eigenvalue weighted by molar-refractivity contribution is 5.96. The summed E-state index contributed by atoms with van der Waals surface area (Å²) in [6, 6.07) is 1.97. The second kappa shape index (κ2) is 5.68. The number of rotatable bonds is 4. The predicted octanol–water partition coefficient (Wildman–Crippen LogP) is 3.38. The molecule has 18 heavy (non-hydrogen) atoms. The molecule has 2 rings (SSSR count). The summed E-state index contributed by atoms with van der Waals surface area (Å²) < 4.78 is 1.76. The van der Waals surface area contributed by atoms with Crippen molar-refractivity contribution in [1.29, 1.82) is 0 Å². The van der Waals surface area contributed by atoms with E-state index in [4.69, 9.17) is 0 Å². The van der Waals surface area contributed by atoms with Crippen molar-refractivity contribution in [3.05, 3.63) is 17.5 Å². The molecular formula is C15H24N2O. The summed E-state index contributed by atoms with van der Waals surface area (Å²) in [5.74, 6) is 1.28. The Balaban J connectivity index is 2.12. The van der Waals surface area contributed by atoms with Gasteiger partial charge in [0.05, 0.1) is 5.69 Å². The molecule has 1 saturated carbocycles. The maximum Gasteiger partial charge on any atom is 0.183 e. The Hall–Kier alpha value is -1.12. The largest absolute Gasteiger partial charge is 0.292 e. The lowest BCUT2D eigenvalue weighted by Crippen LogP contribution is -2.24. The predicted molar refractivity (Wildman–Crippen MR) is 72.7 cm³/mol. The lowest BCUT2D eigenvalue weighted by atomic mass is 9.77. The van der Waals surface area contributed by atoms with Gasteiger partial charge in [0.1, 0.15) is 5.69 Å². The van der Waals surface area contributed by atoms with Crippen LogP contribution >= 0.6 is 0 Å². The highest BCUT2D eigenvalue weighted by Crippen LogP contribution is 2.33. The number of hydrogen-bond donors (Lipinski definition) is 0. The lowest BCUT2D eigenvalue weighted by molar-refractivity contribution is 0.0852. The van der Waals surface area contributed by atoms with Gasteiger partial charge in [-0.3, -0.25) is 9.48 Å². The molecule has 0 aromatic carbocycles. The minimum absolute atomic E-state index is 0.226. The zero-order valence-corrected chi connectivity index (χ0v) is 11.8. The second-order valence-corrected chi connectivity index (χ2v) is 5.50. The lowest BCUT2D eigenvalue weighted by Gasteiger charge is -2.27. The van der Waals surface area contributed by atoms with Crippen molar-refractivity contribution in [3.8, 4) is 0 Å². The van der Waals surface area contributed by atoms with Crippen LogP contribution in [0.1, 0.15) is 62.1 Å². The van der Waals surface area contributed by atoms with E-state index in [2.05, 4.69) is 18.9 Å². The summed E-state index contributed by atoms with van der Waals surface area (Å²) in [4.78, 5) is 12.6. The number of Topliss-reactive ketones (excluding diaryl/α,β-unsaturated/α-hetero) is 1. The van der Waals surface area contributed by atoms with Crippen LogP contribution in [0.25, 0.3) is 0 Å². The van der Waals surface area contributed by atoms with Gasteiger partial charge < -0.3 is 0 Å². The Kier molecular flexibility index (Phi) is 4.20. The Morgan fingerprint density at radius 1 is 1.44 bits per heavy atom. The molecule has 100 valence electrons. The van der Waals surface area contributed by atoms with Gasteiger partial charge in [0.25, 0.3) is 0 Å². The van der Waals surface area contributed by atoms with Crippen LogP contribution in [0.5, 0.6) is 0 Å². The fraction of sp³-hybridized carbons (Fsp3) is 0.733. The van der Waals surface area contributed by atoms with Crippen molar-refractivity contribution in [2.24, 2.45) is 18.9 Å². The molecular weight excluding hydrogens is 224 g/mol. The first-order valence-corrected chi connectivity index (χ1v) is 7.22. The summed E-state index contributed by atoms with van der Waals surface area (Å²) in [6.07, 6.45) is 6.72. The molecule has 0 radical (unpaired) electrons. The van der Waals surface area contributed by atoms with Crippen molar-refractivity contribution >= 4 is 5.78 Å². The molecule has 1 aliphatic rings. The Labute approximate surface area is 110 Å². The molecule has 1 aliphatic carbocycles. The fourth-order valence-electron chi connectivity index (χ4n) is 3.04. The van der Waals surface area contributed by atoms with Crippen LogP contribution in [0.4, 0.5) is 0 Å². The minimum atomic E-state index is 0.226. The number of aryl methyl sites for hydroxylation is 2. The SMILES string of the molecule is CCc1cc(C(=O)C2CCCC(CC)C2)n(C)n1. The second-order valence-electron chi connectivity index (χ2n) is 5.50. The van der Waals surface area contributed by atoms with Gasteiger partial charge in [-0.25, -0.2) is 0 Å². The van der Waals surface area contributed by atoms with Crippen molar-refractivity contribution in [3.63, 3.8) is 0 Å². The number of nitrogens with zero attached hydrogens (tertiary/aromatic N) is 2. The minimum Gasteiger partial charge on any atom is -0.292 e. The molecule has 1 heterocycles. The third-order valence-electron chi connectivity index (χ3n) is 4.28. The Bertz CT molecular complexity index is 422. The molecule has 1 aromatic rings. The van der Waals surface area contributed by atoms with Gasteiger partial charge in [0, 0.05) is 13.0 Å². The van der Waals surface area contributed by atoms with Gasteiger partial charge in [0.2, 0.25) is 0 Å². The van der Waals surface area contributed by atoms with Gasteiger partial charge in [-0.2, -0.15) is 5.10 Å². The molecule has 2 atom stereocenters. The van der Waals surface area contributed by atoms with Gasteiger partial charge in [-0.05, 0) is 31.2 Å². The van der Waals surface area contributed by atoms with Crippen molar-refractivity contribution in [2.45, 2.75) is 52.4 Å². The first kappa shape index (κ1) is 13.3. The van der Waals surface area contributed by atoms with E-state index >= 15 is 0 Å². The van der Waals surface area contributed by atoms with E-state index in [1.807, 2.05) is 13.1 Å². The topological polar surface area (TPSA) is 34.9 Å². The first-order chi connectivity index (χ1) is 8.65. The van der Waals surface area contributed by atoms with Gasteiger partial charge in [-0.1, -0.05) is 33.1 Å². The highest BCUT2D eigenvalue weighted by Gasteiger charge is 2.28. The van der Waals surface area contributed by atoms with E-state index < -0.39 is 0 Å². The Morgan fingerprint density at radius 2 is 2.22 bits per heavy atom. The van der Waals surface area contributed by atoms with Crippen LogP contribution in [0.2, 0.25) is 0 Å². The molecule has 0 saturated heterocycles. The summed E-state index contributed by atoms with van der Waals surface area (Å²) in [6.45, 7) is 4.31. The summed E-state index contributed by atoms with van der Waals surface area (Å²) in [5, 5.41) is 4.38. The quantitative estimate of drug-likeness (QED) is 0.766. The van der Waals surface area contributed by atoms with Gasteiger partial charge >= 0.3 is 0 Å². The monoisotopic (exact) mass is 248 g/mol. The molecule has 0 N–H and O–H groups in total. The molecule has 0 aliphatic heterocycles. The third-order valence-corrected chi connectivity index (χ3v) is 4.28. The molecule has 0 amide bonds. The van der Waals surface area contributed by atoms with E-state index in [1.54, 1.807) is 4.68 Å². The number of carbonyl (C=O) groups is 1. The highest BCUT2D eigenvalue weighted by atomic mass is 16.1. The molecule has 1 fully saturated rings. The fourth-order valence-corrected chi connectivity index (χ4v) is 3.04. The number of hydrogen-bond acceptors (Lipinski definition) is 2. The maximum absolute atomic E-state index is 12.6. The molecule has 0 spiro atoms. The third kappa shape index (κ3) is 2.65. The smallest absolute Gasteiger partial charge is 0.183 e.